The molecule has 2 atom stereocenters. The molecule has 0 amide bonds. The minimum absolute atomic E-state index is 0.0514. The highest BCUT2D eigenvalue weighted by molar-refractivity contribution is 5.47. The maximum absolute atomic E-state index is 13.1. The lowest BCUT2D eigenvalue weighted by Crippen LogP contribution is -2.33. The number of benzene rings is 2. The van der Waals surface area contributed by atoms with Crippen molar-refractivity contribution in [2.24, 2.45) is 0 Å². The number of rotatable bonds is 5. The average molecular weight is 356 g/mol. The first-order valence-corrected chi connectivity index (χ1v) is 9.15. The van der Waals surface area contributed by atoms with Crippen molar-refractivity contribution in [1.82, 2.24) is 4.90 Å². The van der Waals surface area contributed by atoms with Gasteiger partial charge < -0.3 is 14.8 Å². The normalized spacial score (nSPS) is 25.7. The van der Waals surface area contributed by atoms with Crippen LogP contribution in [0.25, 0.3) is 0 Å². The smallest absolute Gasteiger partial charge is 0.123 e. The molecule has 4 rings (SSSR count). The third-order valence-corrected chi connectivity index (χ3v) is 5.38. The van der Waals surface area contributed by atoms with Crippen molar-refractivity contribution in [2.75, 3.05) is 32.1 Å². The molecule has 2 fully saturated rings. The van der Waals surface area contributed by atoms with Crippen LogP contribution in [0.4, 0.5) is 10.1 Å². The first kappa shape index (κ1) is 17.3. The van der Waals surface area contributed by atoms with Crippen LogP contribution in [0.15, 0.2) is 48.5 Å². The summed E-state index contributed by atoms with van der Waals surface area (Å²) in [5, 5.41) is 3.57. The third kappa shape index (κ3) is 3.84. The van der Waals surface area contributed by atoms with E-state index >= 15 is 0 Å². The summed E-state index contributed by atoms with van der Waals surface area (Å²) in [7, 11) is 1.68. The molecule has 2 heterocycles. The number of halogens is 1. The lowest BCUT2D eigenvalue weighted by atomic mass is 9.97. The van der Waals surface area contributed by atoms with Gasteiger partial charge in [-0.05, 0) is 48.4 Å². The van der Waals surface area contributed by atoms with Crippen LogP contribution >= 0.6 is 0 Å². The lowest BCUT2D eigenvalue weighted by Gasteiger charge is -2.23. The van der Waals surface area contributed by atoms with E-state index in [-0.39, 0.29) is 11.4 Å². The van der Waals surface area contributed by atoms with Crippen LogP contribution < -0.4 is 10.1 Å². The van der Waals surface area contributed by atoms with Gasteiger partial charge >= 0.3 is 0 Å². The monoisotopic (exact) mass is 356 g/mol. The predicted octanol–water partition coefficient (Wildman–Crippen LogP) is 3.68. The highest BCUT2D eigenvalue weighted by Gasteiger charge is 2.45. The summed E-state index contributed by atoms with van der Waals surface area (Å²) in [4.78, 5) is 2.41. The van der Waals surface area contributed by atoms with E-state index in [4.69, 9.17) is 9.47 Å². The lowest BCUT2D eigenvalue weighted by molar-refractivity contribution is 0.0120. The average Bonchev–Trinajstić information content (AvgIpc) is 3.24. The second-order valence-corrected chi connectivity index (χ2v) is 7.36. The summed E-state index contributed by atoms with van der Waals surface area (Å²) in [6, 6.07) is 15.1. The first-order chi connectivity index (χ1) is 12.6. The molecular weight excluding hydrogens is 331 g/mol. The zero-order chi connectivity index (χ0) is 18.0. The van der Waals surface area contributed by atoms with Gasteiger partial charge in [0.25, 0.3) is 0 Å². The summed E-state index contributed by atoms with van der Waals surface area (Å²) >= 11 is 0. The maximum Gasteiger partial charge on any atom is 0.123 e. The second kappa shape index (κ2) is 7.25. The summed E-state index contributed by atoms with van der Waals surface area (Å²) in [6.07, 6.45) is 2.06. The summed E-state index contributed by atoms with van der Waals surface area (Å²) in [6.45, 7) is 3.54. The summed E-state index contributed by atoms with van der Waals surface area (Å²) in [5.41, 5.74) is 2.19. The van der Waals surface area contributed by atoms with Crippen LogP contribution in [0.1, 0.15) is 18.4 Å². The molecule has 138 valence electrons. The molecule has 2 aliphatic rings. The standard InChI is InChI=1S/C21H25FN2O2/c1-25-20-8-6-18(7-9-20)23-19-12-21(26-14-19)10-11-24(15-21)13-16-2-4-17(22)5-3-16/h2-9,19,23H,10-15H2,1H3/t19-,21+/m0/s1. The molecule has 2 aliphatic heterocycles. The van der Waals surface area contributed by atoms with Crippen molar-refractivity contribution < 1.29 is 13.9 Å². The van der Waals surface area contributed by atoms with Crippen molar-refractivity contribution in [1.29, 1.82) is 0 Å². The van der Waals surface area contributed by atoms with Gasteiger partial charge in [0.1, 0.15) is 11.6 Å². The van der Waals surface area contributed by atoms with Crippen LogP contribution in [0, 0.1) is 5.82 Å². The molecule has 26 heavy (non-hydrogen) atoms. The van der Waals surface area contributed by atoms with E-state index < -0.39 is 0 Å². The minimum Gasteiger partial charge on any atom is -0.497 e. The van der Waals surface area contributed by atoms with Crippen LogP contribution in [0.5, 0.6) is 5.75 Å². The van der Waals surface area contributed by atoms with E-state index in [0.717, 1.165) is 56.1 Å². The van der Waals surface area contributed by atoms with Gasteiger partial charge in [0.2, 0.25) is 0 Å². The van der Waals surface area contributed by atoms with Gasteiger partial charge in [0.15, 0.2) is 0 Å². The minimum atomic E-state index is -0.182. The van der Waals surface area contributed by atoms with Crippen LogP contribution in [0.3, 0.4) is 0 Å². The number of hydrogen-bond donors (Lipinski definition) is 1. The fourth-order valence-electron chi connectivity index (χ4n) is 4.05. The van der Waals surface area contributed by atoms with E-state index in [9.17, 15) is 4.39 Å². The molecule has 2 saturated heterocycles. The topological polar surface area (TPSA) is 33.7 Å². The van der Waals surface area contributed by atoms with Crippen LogP contribution in [-0.4, -0.2) is 43.3 Å². The van der Waals surface area contributed by atoms with E-state index in [2.05, 4.69) is 10.2 Å². The molecule has 1 N–H and O–H groups in total. The molecule has 1 spiro atoms. The second-order valence-electron chi connectivity index (χ2n) is 7.36. The number of anilines is 1. The Labute approximate surface area is 153 Å². The molecule has 5 heteroatoms. The number of nitrogens with zero attached hydrogens (tertiary/aromatic N) is 1. The Kier molecular flexibility index (Phi) is 4.83. The van der Waals surface area contributed by atoms with E-state index in [1.165, 1.54) is 12.1 Å². The summed E-state index contributed by atoms with van der Waals surface area (Å²) in [5.74, 6) is 0.681. The number of hydrogen-bond acceptors (Lipinski definition) is 4. The van der Waals surface area contributed by atoms with Gasteiger partial charge in [-0.25, -0.2) is 4.39 Å². The Morgan fingerprint density at radius 1 is 1.19 bits per heavy atom. The molecule has 4 nitrogen and oxygen atoms in total. The first-order valence-electron chi connectivity index (χ1n) is 9.15. The zero-order valence-corrected chi connectivity index (χ0v) is 15.1. The number of ether oxygens (including phenoxy) is 2. The quantitative estimate of drug-likeness (QED) is 0.886. The molecule has 0 radical (unpaired) electrons. The Balaban J connectivity index is 1.32. The molecule has 0 unspecified atom stereocenters. The molecule has 0 saturated carbocycles. The van der Waals surface area contributed by atoms with Crippen LogP contribution in [-0.2, 0) is 11.3 Å². The van der Waals surface area contributed by atoms with Gasteiger partial charge in [-0.3, -0.25) is 4.90 Å². The Morgan fingerprint density at radius 3 is 2.69 bits per heavy atom. The van der Waals surface area contributed by atoms with Crippen molar-refractivity contribution >= 4 is 5.69 Å². The highest BCUT2D eigenvalue weighted by Crippen LogP contribution is 2.36. The van der Waals surface area contributed by atoms with Gasteiger partial charge in [0.05, 0.1) is 25.4 Å². The molecule has 0 aliphatic carbocycles. The largest absolute Gasteiger partial charge is 0.497 e. The Hall–Kier alpha value is -2.11. The van der Waals surface area contributed by atoms with Gasteiger partial charge in [-0.1, -0.05) is 12.1 Å². The van der Waals surface area contributed by atoms with Crippen molar-refractivity contribution in [3.8, 4) is 5.75 Å². The van der Waals surface area contributed by atoms with E-state index in [1.807, 2.05) is 36.4 Å². The number of likely N-dealkylation sites (tertiary alicyclic amines) is 1. The van der Waals surface area contributed by atoms with Crippen molar-refractivity contribution in [3.05, 3.63) is 59.9 Å². The van der Waals surface area contributed by atoms with Crippen LogP contribution in [0.2, 0.25) is 0 Å². The molecule has 2 aromatic rings. The number of nitrogens with one attached hydrogen (secondary N) is 1. The van der Waals surface area contributed by atoms with Gasteiger partial charge in [-0.2, -0.15) is 0 Å². The SMILES string of the molecule is COc1ccc(N[C@@H]2CO[C@]3(CCN(Cc4ccc(F)cc4)C3)C2)cc1. The fraction of sp³-hybridized carbons (Fsp3) is 0.429. The Bertz CT molecular complexity index is 735. The van der Waals surface area contributed by atoms with Crippen molar-refractivity contribution in [2.45, 2.75) is 31.0 Å². The predicted molar refractivity (Wildman–Crippen MR) is 100.0 cm³/mol. The zero-order valence-electron chi connectivity index (χ0n) is 15.1. The highest BCUT2D eigenvalue weighted by atomic mass is 19.1. The van der Waals surface area contributed by atoms with E-state index in [1.54, 1.807) is 7.11 Å². The van der Waals surface area contributed by atoms with Crippen molar-refractivity contribution in [3.63, 3.8) is 0 Å². The summed E-state index contributed by atoms with van der Waals surface area (Å²) < 4.78 is 24.5. The maximum atomic E-state index is 13.1. The Morgan fingerprint density at radius 2 is 1.96 bits per heavy atom. The molecule has 0 bridgehead atoms. The van der Waals surface area contributed by atoms with Gasteiger partial charge in [-0.15, -0.1) is 0 Å². The molecular formula is C21H25FN2O2. The number of methoxy groups -OCH3 is 1. The third-order valence-electron chi connectivity index (χ3n) is 5.38. The fourth-order valence-corrected chi connectivity index (χ4v) is 4.05. The van der Waals surface area contributed by atoms with E-state index in [0.29, 0.717) is 6.04 Å². The molecule has 0 aromatic heterocycles. The van der Waals surface area contributed by atoms with Gasteiger partial charge in [0, 0.05) is 31.7 Å². The molecule has 2 aromatic carbocycles.